The molecule has 2 N–H and O–H groups in total. The van der Waals surface area contributed by atoms with Gasteiger partial charge in [-0.25, -0.2) is 0 Å². The molecule has 4 rings (SSSR count). The number of benzene rings is 2. The highest BCUT2D eigenvalue weighted by atomic mass is 32.2. The second-order valence-corrected chi connectivity index (χ2v) is 9.21. The van der Waals surface area contributed by atoms with Crippen LogP contribution in [0.2, 0.25) is 0 Å². The summed E-state index contributed by atoms with van der Waals surface area (Å²) in [5.41, 5.74) is 8.35. The lowest BCUT2D eigenvalue weighted by atomic mass is 9.96. The van der Waals surface area contributed by atoms with E-state index in [1.807, 2.05) is 42.5 Å². The first kappa shape index (κ1) is 22.1. The van der Waals surface area contributed by atoms with Crippen LogP contribution in [0.4, 0.5) is 5.69 Å². The van der Waals surface area contributed by atoms with E-state index < -0.39 is 0 Å². The Balaban J connectivity index is 1.55. The summed E-state index contributed by atoms with van der Waals surface area (Å²) in [6.07, 6.45) is 3.99. The van der Waals surface area contributed by atoms with Gasteiger partial charge in [0.05, 0.1) is 10.6 Å². The molecule has 2 heterocycles. The fourth-order valence-corrected chi connectivity index (χ4v) is 5.13. The Kier molecular flexibility index (Phi) is 6.65. The van der Waals surface area contributed by atoms with Crippen molar-refractivity contribution in [3.63, 3.8) is 0 Å². The molecule has 1 saturated heterocycles. The van der Waals surface area contributed by atoms with Crippen LogP contribution in [0, 0.1) is 5.92 Å². The van der Waals surface area contributed by atoms with Gasteiger partial charge in [0.25, 0.3) is 5.91 Å². The highest BCUT2D eigenvalue weighted by molar-refractivity contribution is 8.04. The Hall–Kier alpha value is -3.06. The topological polar surface area (TPSA) is 83.7 Å². The number of aryl methyl sites for hydroxylation is 1. The van der Waals surface area contributed by atoms with Crippen LogP contribution in [0.25, 0.3) is 6.08 Å². The number of carbonyl (C=O) groups excluding carboxylic acids is 3. The number of primary amides is 1. The molecule has 0 saturated carbocycles. The number of hydrogen-bond acceptors (Lipinski definition) is 4. The van der Waals surface area contributed by atoms with Crippen LogP contribution in [0.15, 0.2) is 58.3 Å². The molecule has 2 aromatic carbocycles. The molecular formula is C25H27N3O3S. The van der Waals surface area contributed by atoms with Crippen molar-refractivity contribution >= 4 is 41.2 Å². The quantitative estimate of drug-likeness (QED) is 0.709. The minimum atomic E-state index is -0.309. The standard InChI is InChI=1S/C25H27N3O3S/c1-2-17-7-9-18(10-8-17)15-22-25(31)28(20-5-3-4-6-21(20)32-22)16-23(29)27-13-11-19(12-14-27)24(26)30/h3-10,15,19H,2,11-14,16H2,1H3,(H2,26,30)/b22-15-. The molecule has 0 atom stereocenters. The molecule has 0 unspecified atom stereocenters. The highest BCUT2D eigenvalue weighted by Crippen LogP contribution is 2.42. The van der Waals surface area contributed by atoms with Gasteiger partial charge in [0, 0.05) is 23.9 Å². The SMILES string of the molecule is CCc1ccc(/C=C2\Sc3ccccc3N(CC(=O)N3CCC(C(N)=O)CC3)C2=O)cc1. The average Bonchev–Trinajstić information content (AvgIpc) is 2.82. The summed E-state index contributed by atoms with van der Waals surface area (Å²) < 4.78 is 0. The Bertz CT molecular complexity index is 1060. The van der Waals surface area contributed by atoms with Gasteiger partial charge in [-0.05, 0) is 48.6 Å². The van der Waals surface area contributed by atoms with Crippen molar-refractivity contribution in [2.45, 2.75) is 31.1 Å². The van der Waals surface area contributed by atoms with Gasteiger partial charge >= 0.3 is 0 Å². The molecule has 2 aromatic rings. The Labute approximate surface area is 192 Å². The minimum absolute atomic E-state index is 0.0241. The number of nitrogens with zero attached hydrogens (tertiary/aromatic N) is 2. The van der Waals surface area contributed by atoms with E-state index in [2.05, 4.69) is 19.1 Å². The summed E-state index contributed by atoms with van der Waals surface area (Å²) in [6, 6.07) is 15.8. The zero-order valence-corrected chi connectivity index (χ0v) is 18.9. The van der Waals surface area contributed by atoms with Crippen LogP contribution < -0.4 is 10.6 Å². The monoisotopic (exact) mass is 449 g/mol. The van der Waals surface area contributed by atoms with Crippen molar-refractivity contribution in [2.75, 3.05) is 24.5 Å². The third-order valence-electron chi connectivity index (χ3n) is 6.06. The fraction of sp³-hybridized carbons (Fsp3) is 0.320. The Morgan fingerprint density at radius 3 is 2.44 bits per heavy atom. The summed E-state index contributed by atoms with van der Waals surface area (Å²) in [5, 5.41) is 0. The zero-order chi connectivity index (χ0) is 22.7. The van der Waals surface area contributed by atoms with Gasteiger partial charge in [-0.3, -0.25) is 19.3 Å². The number of carbonyl (C=O) groups is 3. The van der Waals surface area contributed by atoms with Crippen LogP contribution in [-0.2, 0) is 20.8 Å². The molecule has 7 heteroatoms. The molecule has 6 nitrogen and oxygen atoms in total. The first-order valence-corrected chi connectivity index (χ1v) is 11.7. The molecule has 0 aliphatic carbocycles. The van der Waals surface area contributed by atoms with E-state index in [0.717, 1.165) is 22.6 Å². The van der Waals surface area contributed by atoms with Gasteiger partial charge in [0.2, 0.25) is 11.8 Å². The van der Waals surface area contributed by atoms with E-state index in [4.69, 9.17) is 5.73 Å². The summed E-state index contributed by atoms with van der Waals surface area (Å²) in [6.45, 7) is 3.05. The van der Waals surface area contributed by atoms with Crippen molar-refractivity contribution in [1.82, 2.24) is 4.90 Å². The van der Waals surface area contributed by atoms with Gasteiger partial charge in [0.15, 0.2) is 0 Å². The van der Waals surface area contributed by atoms with E-state index in [-0.39, 0.29) is 30.2 Å². The molecule has 0 aromatic heterocycles. The fourth-order valence-electron chi connectivity index (χ4n) is 4.07. The number of likely N-dealkylation sites (tertiary alicyclic amines) is 1. The average molecular weight is 450 g/mol. The van der Waals surface area contributed by atoms with Gasteiger partial charge in [0.1, 0.15) is 6.54 Å². The van der Waals surface area contributed by atoms with Crippen LogP contribution in [0.5, 0.6) is 0 Å². The molecule has 3 amide bonds. The molecule has 2 aliphatic heterocycles. The van der Waals surface area contributed by atoms with Gasteiger partial charge < -0.3 is 10.6 Å². The smallest absolute Gasteiger partial charge is 0.265 e. The first-order chi connectivity index (χ1) is 15.5. The predicted octanol–water partition coefficient (Wildman–Crippen LogP) is 3.45. The number of amides is 3. The summed E-state index contributed by atoms with van der Waals surface area (Å²) in [5.74, 6) is -0.777. The normalized spacial score (nSPS) is 18.0. The van der Waals surface area contributed by atoms with Crippen molar-refractivity contribution in [1.29, 1.82) is 0 Å². The maximum Gasteiger partial charge on any atom is 0.265 e. The van der Waals surface area contributed by atoms with Crippen molar-refractivity contribution in [3.05, 3.63) is 64.6 Å². The van der Waals surface area contributed by atoms with Gasteiger partial charge in [-0.15, -0.1) is 0 Å². The molecule has 2 aliphatic rings. The number of piperidine rings is 1. The summed E-state index contributed by atoms with van der Waals surface area (Å²) >= 11 is 1.43. The van der Waals surface area contributed by atoms with E-state index in [0.29, 0.717) is 30.8 Å². The number of rotatable bonds is 5. The number of para-hydroxylation sites is 1. The number of thioether (sulfide) groups is 1. The van der Waals surface area contributed by atoms with E-state index in [9.17, 15) is 14.4 Å². The summed E-state index contributed by atoms with van der Waals surface area (Å²) in [7, 11) is 0. The first-order valence-electron chi connectivity index (χ1n) is 10.9. The maximum atomic E-state index is 13.4. The number of nitrogens with two attached hydrogens (primary N) is 1. The lowest BCUT2D eigenvalue weighted by molar-refractivity contribution is -0.134. The van der Waals surface area contributed by atoms with Gasteiger partial charge in [-0.2, -0.15) is 0 Å². The van der Waals surface area contributed by atoms with E-state index in [1.54, 1.807) is 9.80 Å². The molecule has 0 spiro atoms. The van der Waals surface area contributed by atoms with Crippen LogP contribution in [0.1, 0.15) is 30.9 Å². The van der Waals surface area contributed by atoms with Crippen molar-refractivity contribution in [3.8, 4) is 0 Å². The predicted molar refractivity (Wildman–Crippen MR) is 127 cm³/mol. The van der Waals surface area contributed by atoms with Gasteiger partial charge in [-0.1, -0.05) is 55.1 Å². The van der Waals surface area contributed by atoms with Crippen molar-refractivity contribution < 1.29 is 14.4 Å². The number of hydrogen-bond donors (Lipinski definition) is 1. The Morgan fingerprint density at radius 1 is 1.09 bits per heavy atom. The second kappa shape index (κ2) is 9.61. The maximum absolute atomic E-state index is 13.4. The highest BCUT2D eigenvalue weighted by Gasteiger charge is 2.33. The number of anilines is 1. The largest absolute Gasteiger partial charge is 0.369 e. The van der Waals surface area contributed by atoms with Crippen molar-refractivity contribution in [2.24, 2.45) is 11.7 Å². The van der Waals surface area contributed by atoms with Crippen LogP contribution in [-0.4, -0.2) is 42.3 Å². The molecule has 32 heavy (non-hydrogen) atoms. The molecule has 166 valence electrons. The van der Waals surface area contributed by atoms with E-state index in [1.165, 1.54) is 17.3 Å². The van der Waals surface area contributed by atoms with Crippen LogP contribution in [0.3, 0.4) is 0 Å². The third-order valence-corrected chi connectivity index (χ3v) is 7.14. The van der Waals surface area contributed by atoms with E-state index >= 15 is 0 Å². The number of fused-ring (bicyclic) bond motifs is 1. The van der Waals surface area contributed by atoms with Crippen LogP contribution >= 0.6 is 11.8 Å². The second-order valence-electron chi connectivity index (χ2n) is 8.12. The molecular weight excluding hydrogens is 422 g/mol. The third kappa shape index (κ3) is 4.72. The zero-order valence-electron chi connectivity index (χ0n) is 18.1. The lowest BCUT2D eigenvalue weighted by Crippen LogP contribution is -2.48. The molecule has 1 fully saturated rings. The molecule has 0 bridgehead atoms. The molecule has 0 radical (unpaired) electrons. The minimum Gasteiger partial charge on any atom is -0.369 e. The Morgan fingerprint density at radius 2 is 1.78 bits per heavy atom. The lowest BCUT2D eigenvalue weighted by Gasteiger charge is -2.34. The summed E-state index contributed by atoms with van der Waals surface area (Å²) in [4.78, 5) is 42.6.